The van der Waals surface area contributed by atoms with Crippen LogP contribution in [-0.2, 0) is 20.7 Å². The molecule has 38 heavy (non-hydrogen) atoms. The van der Waals surface area contributed by atoms with Crippen molar-refractivity contribution in [2.24, 2.45) is 0 Å². The summed E-state index contributed by atoms with van der Waals surface area (Å²) in [6.07, 6.45) is 2.73. The topological polar surface area (TPSA) is 58.9 Å². The maximum absolute atomic E-state index is 12.9. The van der Waals surface area contributed by atoms with Crippen molar-refractivity contribution in [3.05, 3.63) is 144 Å². The number of benzene rings is 4. The van der Waals surface area contributed by atoms with Crippen molar-refractivity contribution < 1.29 is 19.7 Å². The van der Waals surface area contributed by atoms with Gasteiger partial charge in [0, 0.05) is 12.8 Å². The van der Waals surface area contributed by atoms with Crippen molar-refractivity contribution in [3.8, 4) is 0 Å². The van der Waals surface area contributed by atoms with Crippen LogP contribution in [0.1, 0.15) is 54.4 Å². The van der Waals surface area contributed by atoms with E-state index in [1.165, 1.54) is 0 Å². The van der Waals surface area contributed by atoms with E-state index in [0.717, 1.165) is 32.1 Å². The minimum Gasteiger partial charge on any atom is -0.378 e. The second-order valence-corrected chi connectivity index (χ2v) is 10.5. The Morgan fingerprint density at radius 3 is 1.05 bits per heavy atom. The molecule has 1 heterocycles. The Morgan fingerprint density at radius 2 is 0.763 bits per heavy atom. The molecule has 0 amide bonds. The molecule has 0 bridgehead atoms. The summed E-state index contributed by atoms with van der Waals surface area (Å²) < 4.78 is 13.9. The van der Waals surface area contributed by atoms with Crippen molar-refractivity contribution in [2.75, 3.05) is 0 Å². The van der Waals surface area contributed by atoms with E-state index in [1.54, 1.807) is 0 Å². The highest BCUT2D eigenvalue weighted by atomic mass is 16.8. The van der Waals surface area contributed by atoms with Gasteiger partial charge in [0.15, 0.2) is 5.79 Å². The molecule has 6 rings (SSSR count). The maximum atomic E-state index is 12.9. The molecule has 1 saturated carbocycles. The summed E-state index contributed by atoms with van der Waals surface area (Å²) in [5.41, 5.74) is -0.373. The van der Waals surface area contributed by atoms with Crippen LogP contribution in [0.4, 0.5) is 0 Å². The fraction of sp³-hybridized carbons (Fsp3) is 0.294. The van der Waals surface area contributed by atoms with E-state index in [9.17, 15) is 10.2 Å². The first-order valence-corrected chi connectivity index (χ1v) is 13.6. The molecule has 4 aromatic carbocycles. The number of ether oxygens (including phenoxy) is 2. The highest BCUT2D eigenvalue weighted by molar-refractivity contribution is 5.43. The molecule has 1 aliphatic heterocycles. The zero-order valence-electron chi connectivity index (χ0n) is 21.4. The summed E-state index contributed by atoms with van der Waals surface area (Å²) in [6, 6.07) is 38.5. The first-order chi connectivity index (χ1) is 18.6. The van der Waals surface area contributed by atoms with Gasteiger partial charge in [0.05, 0.1) is 0 Å². The molecular formula is C34H34O4. The van der Waals surface area contributed by atoms with E-state index in [4.69, 9.17) is 9.47 Å². The fourth-order valence-corrected chi connectivity index (χ4v) is 6.31. The first-order valence-electron chi connectivity index (χ1n) is 13.6. The molecule has 2 N–H and O–H groups in total. The normalized spacial score (nSPS) is 21.4. The van der Waals surface area contributed by atoms with Crippen LogP contribution < -0.4 is 0 Å². The Balaban J connectivity index is 1.59. The van der Waals surface area contributed by atoms with Gasteiger partial charge in [-0.15, -0.1) is 0 Å². The predicted octanol–water partition coefficient (Wildman–Crippen LogP) is 6.30. The van der Waals surface area contributed by atoms with Crippen molar-refractivity contribution in [1.29, 1.82) is 0 Å². The largest absolute Gasteiger partial charge is 0.378 e. The van der Waals surface area contributed by atoms with Gasteiger partial charge in [-0.2, -0.15) is 0 Å². The van der Waals surface area contributed by atoms with Crippen LogP contribution >= 0.6 is 0 Å². The van der Waals surface area contributed by atoms with Gasteiger partial charge in [0.1, 0.15) is 23.4 Å². The third kappa shape index (κ3) is 4.18. The number of rotatable bonds is 6. The van der Waals surface area contributed by atoms with Gasteiger partial charge in [-0.05, 0) is 35.1 Å². The highest BCUT2D eigenvalue weighted by Crippen LogP contribution is 2.53. The standard InChI is InChI=1S/C34H34O4/c35-33(26-16-6-1-7-17-26,27-18-8-2-9-19-27)30-31(38-32(37-30)24-14-5-15-25-32)34(36,28-20-10-3-11-21-28)29-22-12-4-13-23-29/h1-4,6-13,16-23,30-31,35-36H,5,14-15,24-25H2/t30-,31-/m1/s1. The van der Waals surface area contributed by atoms with Crippen molar-refractivity contribution in [3.63, 3.8) is 0 Å². The van der Waals surface area contributed by atoms with Crippen molar-refractivity contribution >= 4 is 0 Å². The molecule has 0 radical (unpaired) electrons. The Bertz CT molecular complexity index is 1140. The minimum absolute atomic E-state index is 0.695. The summed E-state index contributed by atoms with van der Waals surface area (Å²) in [5.74, 6) is -0.872. The summed E-state index contributed by atoms with van der Waals surface area (Å²) in [6.45, 7) is 0. The average molecular weight is 507 g/mol. The van der Waals surface area contributed by atoms with Gasteiger partial charge >= 0.3 is 0 Å². The van der Waals surface area contributed by atoms with E-state index in [-0.39, 0.29) is 0 Å². The van der Waals surface area contributed by atoms with E-state index in [2.05, 4.69) is 0 Å². The summed E-state index contributed by atoms with van der Waals surface area (Å²) in [4.78, 5) is 0. The minimum atomic E-state index is -1.58. The lowest BCUT2D eigenvalue weighted by molar-refractivity contribution is -0.213. The zero-order chi connectivity index (χ0) is 26.1. The molecule has 2 atom stereocenters. The van der Waals surface area contributed by atoms with E-state index >= 15 is 0 Å². The molecule has 4 heteroatoms. The van der Waals surface area contributed by atoms with E-state index < -0.39 is 29.2 Å². The van der Waals surface area contributed by atoms with Crippen LogP contribution in [0.2, 0.25) is 0 Å². The molecule has 1 aliphatic carbocycles. The SMILES string of the molecule is OC(c1ccccc1)(c1ccccc1)[C@@H]1OC2(CCCCC2)O[C@H]1C(O)(c1ccccc1)c1ccccc1. The Hall–Kier alpha value is -3.28. The quantitative estimate of drug-likeness (QED) is 0.322. The van der Waals surface area contributed by atoms with Crippen LogP contribution in [0, 0.1) is 0 Å². The predicted molar refractivity (Wildman–Crippen MR) is 147 cm³/mol. The van der Waals surface area contributed by atoms with Crippen molar-refractivity contribution in [1.82, 2.24) is 0 Å². The lowest BCUT2D eigenvalue weighted by Gasteiger charge is -2.42. The van der Waals surface area contributed by atoms with Gasteiger partial charge in [-0.25, -0.2) is 0 Å². The molecule has 2 fully saturated rings. The Morgan fingerprint density at radius 1 is 0.474 bits per heavy atom. The van der Waals surface area contributed by atoms with E-state index in [0.29, 0.717) is 22.3 Å². The van der Waals surface area contributed by atoms with Crippen LogP contribution in [0.25, 0.3) is 0 Å². The van der Waals surface area contributed by atoms with Crippen molar-refractivity contribution in [2.45, 2.75) is 61.3 Å². The second-order valence-electron chi connectivity index (χ2n) is 10.5. The summed E-state index contributed by atoms with van der Waals surface area (Å²) in [5, 5.41) is 25.8. The van der Waals surface area contributed by atoms with Gasteiger partial charge in [-0.1, -0.05) is 128 Å². The number of hydrogen-bond donors (Lipinski definition) is 2. The van der Waals surface area contributed by atoms with E-state index in [1.807, 2.05) is 121 Å². The number of aliphatic hydroxyl groups is 2. The Labute approximate surface area is 224 Å². The summed E-state index contributed by atoms with van der Waals surface area (Å²) in [7, 11) is 0. The first kappa shape index (κ1) is 25.0. The molecule has 2 aliphatic rings. The second kappa shape index (κ2) is 10.1. The lowest BCUT2D eigenvalue weighted by atomic mass is 9.72. The molecular weight excluding hydrogens is 472 g/mol. The lowest BCUT2D eigenvalue weighted by Crippen LogP contribution is -2.54. The highest BCUT2D eigenvalue weighted by Gasteiger charge is 2.63. The molecule has 4 aromatic rings. The van der Waals surface area contributed by atoms with Crippen LogP contribution in [-0.4, -0.2) is 28.2 Å². The number of hydrogen-bond acceptors (Lipinski definition) is 4. The Kier molecular flexibility index (Phi) is 6.67. The maximum Gasteiger partial charge on any atom is 0.169 e. The van der Waals surface area contributed by atoms with Crippen LogP contribution in [0.3, 0.4) is 0 Å². The molecule has 0 aromatic heterocycles. The zero-order valence-corrected chi connectivity index (χ0v) is 21.4. The third-order valence-corrected chi connectivity index (χ3v) is 8.25. The average Bonchev–Trinajstić information content (AvgIpc) is 3.37. The van der Waals surface area contributed by atoms with Gasteiger partial charge in [0.2, 0.25) is 0 Å². The molecule has 0 unspecified atom stereocenters. The smallest absolute Gasteiger partial charge is 0.169 e. The van der Waals surface area contributed by atoms with Gasteiger partial charge in [0.25, 0.3) is 0 Å². The fourth-order valence-electron chi connectivity index (χ4n) is 6.31. The van der Waals surface area contributed by atoms with Gasteiger partial charge < -0.3 is 19.7 Å². The summed E-state index contributed by atoms with van der Waals surface area (Å²) >= 11 is 0. The molecule has 1 saturated heterocycles. The third-order valence-electron chi connectivity index (χ3n) is 8.25. The van der Waals surface area contributed by atoms with Crippen LogP contribution in [0.15, 0.2) is 121 Å². The van der Waals surface area contributed by atoms with Gasteiger partial charge in [-0.3, -0.25) is 0 Å². The molecule has 1 spiro atoms. The molecule has 4 nitrogen and oxygen atoms in total. The molecule has 194 valence electrons. The van der Waals surface area contributed by atoms with Crippen LogP contribution in [0.5, 0.6) is 0 Å². The monoisotopic (exact) mass is 506 g/mol.